The Labute approximate surface area is 157 Å². The monoisotopic (exact) mass is 369 g/mol. The minimum Gasteiger partial charge on any atom is -0.454 e. The molecule has 1 amide bonds. The van der Waals surface area contributed by atoms with Gasteiger partial charge in [0.25, 0.3) is 0 Å². The molecule has 1 aliphatic carbocycles. The third-order valence-corrected chi connectivity index (χ3v) is 5.37. The van der Waals surface area contributed by atoms with Gasteiger partial charge in [0.1, 0.15) is 0 Å². The lowest BCUT2D eigenvalue weighted by atomic mass is 10.1. The molecule has 7 heteroatoms. The van der Waals surface area contributed by atoms with Crippen LogP contribution >= 0.6 is 0 Å². The van der Waals surface area contributed by atoms with Crippen LogP contribution in [-0.2, 0) is 29.0 Å². The third kappa shape index (κ3) is 3.64. The number of hydrogen-bond acceptors (Lipinski definition) is 5. The molecule has 3 aliphatic rings. The van der Waals surface area contributed by atoms with Crippen LogP contribution in [0.1, 0.15) is 24.1 Å². The second-order valence-electron chi connectivity index (χ2n) is 7.54. The molecule has 5 rings (SSSR count). The molecule has 0 bridgehead atoms. The minimum absolute atomic E-state index is 0.0209. The first-order valence-electron chi connectivity index (χ1n) is 9.53. The molecule has 1 saturated carbocycles. The van der Waals surface area contributed by atoms with Gasteiger partial charge in [-0.1, -0.05) is 6.07 Å². The highest BCUT2D eigenvalue weighted by molar-refractivity contribution is 5.79. The van der Waals surface area contributed by atoms with Crippen molar-refractivity contribution in [3.8, 4) is 11.5 Å². The summed E-state index contributed by atoms with van der Waals surface area (Å²) in [5.41, 5.74) is 1.98. The van der Waals surface area contributed by atoms with Gasteiger partial charge >= 0.3 is 0 Å². The Balaban J connectivity index is 1.30. The van der Waals surface area contributed by atoms with Crippen molar-refractivity contribution >= 4 is 5.91 Å². The topological polar surface area (TPSA) is 65.8 Å². The minimum atomic E-state index is -0.0209. The van der Waals surface area contributed by atoms with Gasteiger partial charge in [0, 0.05) is 19.3 Å². The van der Waals surface area contributed by atoms with E-state index in [4.69, 9.17) is 14.2 Å². The molecule has 0 saturated heterocycles. The number of aromatic nitrogens is 2. The number of carbonyl (C=O) groups excluding carboxylic acids is 1. The van der Waals surface area contributed by atoms with Crippen molar-refractivity contribution in [1.82, 2.24) is 14.7 Å². The summed E-state index contributed by atoms with van der Waals surface area (Å²) in [5, 5.41) is 4.40. The van der Waals surface area contributed by atoms with Crippen molar-refractivity contribution in [1.29, 1.82) is 0 Å². The third-order valence-electron chi connectivity index (χ3n) is 5.37. The van der Waals surface area contributed by atoms with Gasteiger partial charge in [0.15, 0.2) is 11.5 Å². The normalized spacial score (nSPS) is 21.0. The summed E-state index contributed by atoms with van der Waals surface area (Å²) in [6.07, 6.45) is 4.62. The van der Waals surface area contributed by atoms with Crippen molar-refractivity contribution in [2.24, 2.45) is 5.92 Å². The van der Waals surface area contributed by atoms with Gasteiger partial charge in [-0.3, -0.25) is 9.48 Å². The smallest absolute Gasteiger partial charge is 0.231 e. The second kappa shape index (κ2) is 6.88. The van der Waals surface area contributed by atoms with E-state index in [-0.39, 0.29) is 18.8 Å². The van der Waals surface area contributed by atoms with E-state index in [2.05, 4.69) is 5.10 Å². The van der Waals surface area contributed by atoms with Gasteiger partial charge in [-0.15, -0.1) is 0 Å². The molecule has 0 N–H and O–H groups in total. The maximum absolute atomic E-state index is 13.0. The lowest BCUT2D eigenvalue weighted by Gasteiger charge is -2.24. The number of rotatable bonds is 5. The lowest BCUT2D eigenvalue weighted by molar-refractivity contribution is -0.133. The van der Waals surface area contributed by atoms with Crippen LogP contribution in [0.25, 0.3) is 0 Å². The van der Waals surface area contributed by atoms with Crippen LogP contribution in [0.15, 0.2) is 30.5 Å². The maximum atomic E-state index is 13.0. The number of fused-ring (bicyclic) bond motifs is 2. The quantitative estimate of drug-likeness (QED) is 0.806. The Kier molecular flexibility index (Phi) is 4.24. The molecule has 2 aliphatic heterocycles. The molecule has 3 heterocycles. The summed E-state index contributed by atoms with van der Waals surface area (Å²) in [4.78, 5) is 14.9. The summed E-state index contributed by atoms with van der Waals surface area (Å²) < 4.78 is 18.8. The summed E-state index contributed by atoms with van der Waals surface area (Å²) in [6, 6.07) is 7.66. The van der Waals surface area contributed by atoms with Crippen LogP contribution in [-0.4, -0.2) is 46.6 Å². The zero-order chi connectivity index (χ0) is 18.2. The Morgan fingerprint density at radius 1 is 1.19 bits per heavy atom. The van der Waals surface area contributed by atoms with Gasteiger partial charge in [0.05, 0.1) is 31.3 Å². The number of amides is 1. The van der Waals surface area contributed by atoms with Crippen LogP contribution < -0.4 is 9.47 Å². The maximum Gasteiger partial charge on any atom is 0.231 e. The van der Waals surface area contributed by atoms with Gasteiger partial charge < -0.3 is 19.1 Å². The number of nitrogens with zero attached hydrogens (tertiary/aromatic N) is 3. The predicted molar refractivity (Wildman–Crippen MR) is 96.4 cm³/mol. The Morgan fingerprint density at radius 3 is 2.96 bits per heavy atom. The van der Waals surface area contributed by atoms with Crippen LogP contribution in [0, 0.1) is 5.92 Å². The Morgan fingerprint density at radius 2 is 2.07 bits per heavy atom. The molecule has 142 valence electrons. The largest absolute Gasteiger partial charge is 0.454 e. The van der Waals surface area contributed by atoms with Crippen molar-refractivity contribution in [3.05, 3.63) is 41.7 Å². The fourth-order valence-electron chi connectivity index (χ4n) is 3.60. The standard InChI is InChI=1S/C20H23N3O4/c24-20(8-15-3-4-18-19(7-15)27-13-26-18)22-9-16-5-6-21-23(16)11-17(10-22)25-12-14-1-2-14/h3-7,14,17H,1-2,8-13H2/t17-/m0/s1. The predicted octanol–water partition coefficient (Wildman–Crippen LogP) is 1.99. The van der Waals surface area contributed by atoms with Crippen molar-refractivity contribution in [3.63, 3.8) is 0 Å². The second-order valence-corrected chi connectivity index (χ2v) is 7.54. The molecule has 7 nitrogen and oxygen atoms in total. The number of benzene rings is 1. The van der Waals surface area contributed by atoms with E-state index in [1.54, 1.807) is 6.20 Å². The van der Waals surface area contributed by atoms with E-state index in [0.29, 0.717) is 37.7 Å². The van der Waals surface area contributed by atoms with Gasteiger partial charge in [0.2, 0.25) is 12.7 Å². The zero-order valence-electron chi connectivity index (χ0n) is 15.2. The Hall–Kier alpha value is -2.54. The summed E-state index contributed by atoms with van der Waals surface area (Å²) >= 11 is 0. The van der Waals surface area contributed by atoms with Gasteiger partial charge in [-0.2, -0.15) is 5.10 Å². The average Bonchev–Trinajstić information content (AvgIpc) is 3.27. The zero-order valence-corrected chi connectivity index (χ0v) is 15.2. The van der Waals surface area contributed by atoms with E-state index in [1.165, 1.54) is 12.8 Å². The van der Waals surface area contributed by atoms with Gasteiger partial charge in [-0.05, 0) is 42.5 Å². The van der Waals surface area contributed by atoms with E-state index in [9.17, 15) is 4.79 Å². The molecular formula is C20H23N3O4. The molecule has 1 atom stereocenters. The summed E-state index contributed by atoms with van der Waals surface area (Å²) in [7, 11) is 0. The van der Waals surface area contributed by atoms with Crippen LogP contribution in [0.3, 0.4) is 0 Å². The highest BCUT2D eigenvalue weighted by atomic mass is 16.7. The first kappa shape index (κ1) is 16.6. The first-order chi connectivity index (χ1) is 13.2. The fourth-order valence-corrected chi connectivity index (χ4v) is 3.60. The molecule has 0 unspecified atom stereocenters. The van der Waals surface area contributed by atoms with Crippen molar-refractivity contribution < 1.29 is 19.0 Å². The molecule has 27 heavy (non-hydrogen) atoms. The molecule has 1 fully saturated rings. The molecular weight excluding hydrogens is 346 g/mol. The van der Waals surface area contributed by atoms with E-state index < -0.39 is 0 Å². The molecule has 1 aromatic carbocycles. The van der Waals surface area contributed by atoms with Crippen molar-refractivity contribution in [2.75, 3.05) is 19.9 Å². The number of carbonyl (C=O) groups is 1. The molecule has 1 aromatic heterocycles. The van der Waals surface area contributed by atoms with Crippen LogP contribution in [0.2, 0.25) is 0 Å². The number of ether oxygens (including phenoxy) is 3. The molecule has 0 radical (unpaired) electrons. The highest BCUT2D eigenvalue weighted by Crippen LogP contribution is 2.33. The van der Waals surface area contributed by atoms with Gasteiger partial charge in [-0.25, -0.2) is 0 Å². The Bertz CT molecular complexity index is 846. The molecule has 0 spiro atoms. The summed E-state index contributed by atoms with van der Waals surface area (Å²) in [6.45, 7) is 2.88. The van der Waals surface area contributed by atoms with Crippen LogP contribution in [0.4, 0.5) is 0 Å². The SMILES string of the molecule is O=C(Cc1ccc2c(c1)OCO2)N1Cc2ccnn2C[C@@H](OCC2CC2)C1. The highest BCUT2D eigenvalue weighted by Gasteiger charge is 2.29. The van der Waals surface area contributed by atoms with E-state index >= 15 is 0 Å². The first-order valence-corrected chi connectivity index (χ1v) is 9.53. The lowest BCUT2D eigenvalue weighted by Crippen LogP contribution is -2.38. The fraction of sp³-hybridized carbons (Fsp3) is 0.500. The summed E-state index contributed by atoms with van der Waals surface area (Å²) in [5.74, 6) is 2.23. The number of hydrogen-bond donors (Lipinski definition) is 0. The molecule has 2 aromatic rings. The average molecular weight is 369 g/mol. The van der Waals surface area contributed by atoms with E-state index in [1.807, 2.05) is 33.8 Å². The van der Waals surface area contributed by atoms with E-state index in [0.717, 1.165) is 23.6 Å². The van der Waals surface area contributed by atoms with Crippen molar-refractivity contribution in [2.45, 2.75) is 38.5 Å². The van der Waals surface area contributed by atoms with Crippen LogP contribution in [0.5, 0.6) is 11.5 Å².